The van der Waals surface area contributed by atoms with Crippen LogP contribution >= 0.6 is 11.8 Å². The Kier molecular flexibility index (Phi) is 5.80. The molecular weight excluding hydrogens is 356 g/mol. The molecule has 0 saturated heterocycles. The number of aryl methyl sites for hydroxylation is 2. The fourth-order valence-corrected chi connectivity index (χ4v) is 4.11. The van der Waals surface area contributed by atoms with Crippen LogP contribution < -0.4 is 5.56 Å². The first-order valence-corrected chi connectivity index (χ1v) is 10.2. The van der Waals surface area contributed by atoms with Crippen molar-refractivity contribution in [2.45, 2.75) is 45.3 Å². The number of fused-ring (bicyclic) bond motifs is 1. The summed E-state index contributed by atoms with van der Waals surface area (Å²) < 4.78 is 1.72. The molecule has 27 heavy (non-hydrogen) atoms. The largest absolute Gasteiger partial charge is 0.293 e. The molecule has 0 aliphatic rings. The molecule has 140 valence electrons. The molecule has 3 aromatic rings. The average molecular weight is 381 g/mol. The van der Waals surface area contributed by atoms with Gasteiger partial charge in [-0.3, -0.25) is 14.2 Å². The lowest BCUT2D eigenvalue weighted by atomic mass is 10.0. The smallest absolute Gasteiger partial charge is 0.262 e. The summed E-state index contributed by atoms with van der Waals surface area (Å²) in [4.78, 5) is 30.4. The SMILES string of the molecule is CC[C@H](C)n1c(SCC(=O)c2ccc(C)cc2C)nc2ccccc2c1=O. The van der Waals surface area contributed by atoms with Gasteiger partial charge in [-0.2, -0.15) is 0 Å². The molecule has 1 heterocycles. The third-order valence-electron chi connectivity index (χ3n) is 4.82. The van der Waals surface area contributed by atoms with Crippen LogP contribution in [0.1, 0.15) is 47.8 Å². The Hall–Kier alpha value is -2.40. The number of hydrogen-bond donors (Lipinski definition) is 0. The molecule has 0 bridgehead atoms. The maximum Gasteiger partial charge on any atom is 0.262 e. The van der Waals surface area contributed by atoms with Crippen molar-refractivity contribution in [1.82, 2.24) is 9.55 Å². The Morgan fingerprint density at radius 3 is 2.63 bits per heavy atom. The Bertz CT molecular complexity index is 1060. The van der Waals surface area contributed by atoms with E-state index >= 15 is 0 Å². The van der Waals surface area contributed by atoms with Crippen molar-refractivity contribution in [3.8, 4) is 0 Å². The van der Waals surface area contributed by atoms with Crippen molar-refractivity contribution in [2.75, 3.05) is 5.75 Å². The summed E-state index contributed by atoms with van der Waals surface area (Å²) in [6, 6.07) is 13.2. The van der Waals surface area contributed by atoms with Crippen molar-refractivity contribution in [2.24, 2.45) is 0 Å². The van der Waals surface area contributed by atoms with E-state index in [2.05, 4.69) is 4.98 Å². The Labute approximate surface area is 163 Å². The first-order chi connectivity index (χ1) is 12.9. The van der Waals surface area contributed by atoms with Crippen LogP contribution in [0.15, 0.2) is 52.4 Å². The van der Waals surface area contributed by atoms with Gasteiger partial charge in [-0.25, -0.2) is 4.98 Å². The highest BCUT2D eigenvalue weighted by Crippen LogP contribution is 2.24. The van der Waals surface area contributed by atoms with Gasteiger partial charge in [-0.05, 0) is 44.9 Å². The van der Waals surface area contributed by atoms with Crippen molar-refractivity contribution in [3.63, 3.8) is 0 Å². The van der Waals surface area contributed by atoms with Crippen LogP contribution in [-0.4, -0.2) is 21.1 Å². The predicted octanol–water partition coefficient (Wildman–Crippen LogP) is 4.96. The van der Waals surface area contributed by atoms with Crippen molar-refractivity contribution >= 4 is 28.4 Å². The molecule has 3 rings (SSSR count). The van der Waals surface area contributed by atoms with Crippen molar-refractivity contribution in [3.05, 3.63) is 69.5 Å². The van der Waals surface area contributed by atoms with Crippen LogP contribution in [0.25, 0.3) is 10.9 Å². The molecule has 0 unspecified atom stereocenters. The molecule has 0 radical (unpaired) electrons. The predicted molar refractivity (Wildman–Crippen MR) is 112 cm³/mol. The van der Waals surface area contributed by atoms with Crippen molar-refractivity contribution < 1.29 is 4.79 Å². The fourth-order valence-electron chi connectivity index (χ4n) is 3.13. The molecule has 0 spiro atoms. The maximum atomic E-state index is 13.0. The second-order valence-electron chi connectivity index (χ2n) is 6.87. The standard InChI is InChI=1S/C22H24N2O2S/c1-5-16(4)24-21(26)18-8-6-7-9-19(18)23-22(24)27-13-20(25)17-11-10-14(2)12-15(17)3/h6-12,16H,5,13H2,1-4H3/t16-/m0/s1. The Morgan fingerprint density at radius 2 is 1.93 bits per heavy atom. The second-order valence-corrected chi connectivity index (χ2v) is 7.82. The number of para-hydroxylation sites is 1. The number of benzene rings is 2. The minimum absolute atomic E-state index is 0.0216. The molecule has 0 aliphatic carbocycles. The highest BCUT2D eigenvalue weighted by Gasteiger charge is 2.17. The van der Waals surface area contributed by atoms with E-state index in [0.29, 0.717) is 16.1 Å². The third-order valence-corrected chi connectivity index (χ3v) is 5.77. The van der Waals surface area contributed by atoms with Gasteiger partial charge in [0, 0.05) is 11.6 Å². The van der Waals surface area contributed by atoms with Gasteiger partial charge >= 0.3 is 0 Å². The number of rotatable bonds is 6. The molecule has 1 atom stereocenters. The van der Waals surface area contributed by atoms with E-state index in [1.165, 1.54) is 11.8 Å². The van der Waals surface area contributed by atoms with Gasteiger partial charge in [0.1, 0.15) is 0 Å². The van der Waals surface area contributed by atoms with E-state index in [9.17, 15) is 9.59 Å². The van der Waals surface area contributed by atoms with Gasteiger partial charge in [-0.1, -0.05) is 54.6 Å². The van der Waals surface area contributed by atoms with Gasteiger partial charge in [0.05, 0.1) is 16.7 Å². The number of thioether (sulfide) groups is 1. The summed E-state index contributed by atoms with van der Waals surface area (Å²) >= 11 is 1.34. The lowest BCUT2D eigenvalue weighted by Crippen LogP contribution is -2.26. The number of nitrogens with zero attached hydrogens (tertiary/aromatic N) is 2. The highest BCUT2D eigenvalue weighted by molar-refractivity contribution is 7.99. The summed E-state index contributed by atoms with van der Waals surface area (Å²) in [5.41, 5.74) is 3.47. The van der Waals surface area contributed by atoms with Crippen LogP contribution in [0.4, 0.5) is 0 Å². The highest BCUT2D eigenvalue weighted by atomic mass is 32.2. The van der Waals surface area contributed by atoms with E-state index in [-0.39, 0.29) is 23.1 Å². The van der Waals surface area contributed by atoms with Crippen LogP contribution in [0.5, 0.6) is 0 Å². The minimum Gasteiger partial charge on any atom is -0.293 e. The third kappa shape index (κ3) is 3.98. The summed E-state index contributed by atoms with van der Waals surface area (Å²) in [7, 11) is 0. The van der Waals surface area contributed by atoms with E-state index in [1.807, 2.05) is 64.1 Å². The van der Waals surface area contributed by atoms with Crippen molar-refractivity contribution in [1.29, 1.82) is 0 Å². The van der Waals surface area contributed by atoms with Gasteiger partial charge in [0.15, 0.2) is 10.9 Å². The second kappa shape index (κ2) is 8.09. The summed E-state index contributed by atoms with van der Waals surface area (Å²) in [6.45, 7) is 8.02. The number of ketones is 1. The Balaban J connectivity index is 1.96. The molecule has 1 aromatic heterocycles. The Morgan fingerprint density at radius 1 is 1.19 bits per heavy atom. The summed E-state index contributed by atoms with van der Waals surface area (Å²) in [5, 5.41) is 1.22. The minimum atomic E-state index is -0.0450. The molecule has 4 nitrogen and oxygen atoms in total. The number of aromatic nitrogens is 2. The molecule has 0 fully saturated rings. The zero-order chi connectivity index (χ0) is 19.6. The first kappa shape index (κ1) is 19.4. The van der Waals surface area contributed by atoms with Gasteiger partial charge < -0.3 is 0 Å². The number of carbonyl (C=O) groups excluding carboxylic acids is 1. The number of Topliss-reactive ketones (excluding diaryl/α,β-unsaturated/α-hetero) is 1. The van der Waals surface area contributed by atoms with Crippen LogP contribution in [0.3, 0.4) is 0 Å². The van der Waals surface area contributed by atoms with Gasteiger partial charge in [-0.15, -0.1) is 0 Å². The fraction of sp³-hybridized carbons (Fsp3) is 0.318. The van der Waals surface area contributed by atoms with Crippen LogP contribution in [0, 0.1) is 13.8 Å². The molecule has 0 N–H and O–H groups in total. The maximum absolute atomic E-state index is 13.0. The first-order valence-electron chi connectivity index (χ1n) is 9.17. The number of hydrogen-bond acceptors (Lipinski definition) is 4. The lowest BCUT2D eigenvalue weighted by molar-refractivity contribution is 0.102. The molecule has 5 heteroatoms. The van der Waals surface area contributed by atoms with E-state index in [4.69, 9.17) is 0 Å². The summed E-state index contributed by atoms with van der Waals surface area (Å²) in [6.07, 6.45) is 0.818. The molecule has 0 aliphatic heterocycles. The monoisotopic (exact) mass is 380 g/mol. The normalized spacial score (nSPS) is 12.3. The van der Waals surface area contributed by atoms with E-state index < -0.39 is 0 Å². The quantitative estimate of drug-likeness (QED) is 0.345. The molecular formula is C22H24N2O2S. The number of carbonyl (C=O) groups is 1. The topological polar surface area (TPSA) is 52.0 Å². The van der Waals surface area contributed by atoms with Crippen LogP contribution in [-0.2, 0) is 0 Å². The zero-order valence-electron chi connectivity index (χ0n) is 16.2. The van der Waals surface area contributed by atoms with Gasteiger partial charge in [0.2, 0.25) is 0 Å². The molecule has 2 aromatic carbocycles. The summed E-state index contributed by atoms with van der Waals surface area (Å²) in [5.74, 6) is 0.307. The van der Waals surface area contributed by atoms with E-state index in [1.54, 1.807) is 10.6 Å². The van der Waals surface area contributed by atoms with Crippen LogP contribution in [0.2, 0.25) is 0 Å². The molecule has 0 amide bonds. The van der Waals surface area contributed by atoms with Gasteiger partial charge in [0.25, 0.3) is 5.56 Å². The average Bonchev–Trinajstić information content (AvgIpc) is 2.65. The molecule has 0 saturated carbocycles. The lowest BCUT2D eigenvalue weighted by Gasteiger charge is -2.18. The van der Waals surface area contributed by atoms with E-state index in [0.717, 1.165) is 23.1 Å². The zero-order valence-corrected chi connectivity index (χ0v) is 17.0.